The maximum absolute atomic E-state index is 12.8. The van der Waals surface area contributed by atoms with Crippen LogP contribution in [0.15, 0.2) is 69.0 Å². The maximum Gasteiger partial charge on any atom is 0.297 e. The van der Waals surface area contributed by atoms with Gasteiger partial charge in [0.2, 0.25) is 21.5 Å². The molecule has 4 aromatic rings. The zero-order valence-corrected chi connectivity index (χ0v) is 18.9. The van der Waals surface area contributed by atoms with Crippen molar-refractivity contribution in [2.24, 2.45) is 0 Å². The number of benzene rings is 2. The van der Waals surface area contributed by atoms with Gasteiger partial charge < -0.3 is 9.32 Å². The van der Waals surface area contributed by atoms with Crippen LogP contribution < -0.4 is 5.56 Å². The number of furan rings is 1. The minimum Gasteiger partial charge on any atom is -0.448 e. The highest BCUT2D eigenvalue weighted by molar-refractivity contribution is 7.89. The van der Waals surface area contributed by atoms with E-state index in [1.807, 2.05) is 12.1 Å². The molecule has 0 bridgehead atoms. The number of nitrogens with zero attached hydrogens (tertiary/aromatic N) is 4. The predicted molar refractivity (Wildman–Crippen MR) is 123 cm³/mol. The number of amides is 1. The minimum absolute atomic E-state index is 0.102. The average molecular weight is 487 g/mol. The Morgan fingerprint density at radius 3 is 2.45 bits per heavy atom. The average Bonchev–Trinajstić information content (AvgIpc) is 3.21. The minimum atomic E-state index is -3.67. The summed E-state index contributed by atoms with van der Waals surface area (Å²) in [7, 11) is -3.67. The molecular formula is C22H19ClN4O5S. The number of sulfonamides is 1. The fraction of sp³-hybridized carbons (Fsp3) is 0.227. The van der Waals surface area contributed by atoms with E-state index < -0.39 is 15.6 Å². The fourth-order valence-corrected chi connectivity index (χ4v) is 5.46. The topological polar surface area (TPSA) is 106 Å². The van der Waals surface area contributed by atoms with Crippen molar-refractivity contribution in [1.29, 1.82) is 0 Å². The molecule has 1 fully saturated rings. The number of hydrogen-bond donors (Lipinski definition) is 0. The molecule has 5 rings (SSSR count). The summed E-state index contributed by atoms with van der Waals surface area (Å²) < 4.78 is 33.9. The normalized spacial score (nSPS) is 15.4. The molecule has 0 radical (unpaired) electrons. The van der Waals surface area contributed by atoms with Crippen molar-refractivity contribution in [2.45, 2.75) is 11.4 Å². The van der Waals surface area contributed by atoms with Gasteiger partial charge in [-0.1, -0.05) is 23.7 Å². The zero-order valence-electron chi connectivity index (χ0n) is 17.3. The Bertz CT molecular complexity index is 1520. The summed E-state index contributed by atoms with van der Waals surface area (Å²) in [4.78, 5) is 31.7. The third kappa shape index (κ3) is 3.90. The monoisotopic (exact) mass is 486 g/mol. The molecule has 1 saturated heterocycles. The third-order valence-electron chi connectivity index (χ3n) is 5.70. The molecule has 0 saturated carbocycles. The second-order valence-electron chi connectivity index (χ2n) is 7.69. The predicted octanol–water partition coefficient (Wildman–Crippen LogP) is 2.33. The molecule has 0 spiro atoms. The van der Waals surface area contributed by atoms with Crippen LogP contribution in [0, 0.1) is 0 Å². The molecule has 1 amide bonds. The quantitative estimate of drug-likeness (QED) is 0.438. The molecule has 0 aliphatic carbocycles. The number of halogens is 1. The summed E-state index contributed by atoms with van der Waals surface area (Å²) in [5, 5.41) is 1.19. The van der Waals surface area contributed by atoms with E-state index in [4.69, 9.17) is 16.0 Å². The van der Waals surface area contributed by atoms with Gasteiger partial charge in [-0.25, -0.2) is 13.4 Å². The summed E-state index contributed by atoms with van der Waals surface area (Å²) in [6.45, 7) is 0.559. The number of para-hydroxylation sites is 1. The van der Waals surface area contributed by atoms with Crippen LogP contribution in [0.4, 0.5) is 0 Å². The van der Waals surface area contributed by atoms with Crippen LogP contribution in [0.25, 0.3) is 22.1 Å². The Kier molecular flexibility index (Phi) is 5.43. The standard InChI is InChI=1S/C22H19ClN4O5S/c23-15-5-7-16(8-6-15)33(30,31)27-11-9-25(10-12-27)19(28)13-26-14-24-20-17-3-1-2-4-18(17)32-21(20)22(26)29/h1-8,14H,9-13H2. The molecule has 1 aliphatic rings. The summed E-state index contributed by atoms with van der Waals surface area (Å²) in [6.07, 6.45) is 1.34. The number of rotatable bonds is 4. The number of piperazine rings is 1. The number of carbonyl (C=O) groups excluding carboxylic acids is 1. The van der Waals surface area contributed by atoms with Gasteiger partial charge in [0.25, 0.3) is 5.56 Å². The first kappa shape index (κ1) is 21.6. The molecule has 170 valence electrons. The molecule has 0 atom stereocenters. The van der Waals surface area contributed by atoms with Gasteiger partial charge >= 0.3 is 0 Å². The van der Waals surface area contributed by atoms with Crippen molar-refractivity contribution in [1.82, 2.24) is 18.8 Å². The number of carbonyl (C=O) groups is 1. The first-order chi connectivity index (χ1) is 15.8. The summed E-state index contributed by atoms with van der Waals surface area (Å²) >= 11 is 5.84. The van der Waals surface area contributed by atoms with Crippen LogP contribution in [0.2, 0.25) is 5.02 Å². The molecule has 2 aromatic heterocycles. The lowest BCUT2D eigenvalue weighted by Gasteiger charge is -2.34. The first-order valence-corrected chi connectivity index (χ1v) is 12.1. The SMILES string of the molecule is O=C(Cn1cnc2c(oc3ccccc32)c1=O)N1CCN(S(=O)(=O)c2ccc(Cl)cc2)CC1. The molecule has 11 heteroatoms. The smallest absolute Gasteiger partial charge is 0.297 e. The molecule has 33 heavy (non-hydrogen) atoms. The van der Waals surface area contributed by atoms with E-state index in [0.717, 1.165) is 5.39 Å². The zero-order chi connectivity index (χ0) is 23.2. The van der Waals surface area contributed by atoms with Gasteiger partial charge in [-0.15, -0.1) is 0 Å². The highest BCUT2D eigenvalue weighted by atomic mass is 35.5. The van der Waals surface area contributed by atoms with E-state index in [2.05, 4.69) is 4.98 Å². The van der Waals surface area contributed by atoms with Gasteiger partial charge in [0, 0.05) is 36.6 Å². The van der Waals surface area contributed by atoms with E-state index in [-0.39, 0.29) is 49.1 Å². The Balaban J connectivity index is 1.29. The maximum atomic E-state index is 12.8. The van der Waals surface area contributed by atoms with Gasteiger partial charge in [-0.05, 0) is 36.4 Å². The van der Waals surface area contributed by atoms with E-state index in [1.54, 1.807) is 17.0 Å². The number of aromatic nitrogens is 2. The highest BCUT2D eigenvalue weighted by Crippen LogP contribution is 2.24. The molecule has 3 heterocycles. The van der Waals surface area contributed by atoms with E-state index in [1.165, 1.54) is 39.5 Å². The Morgan fingerprint density at radius 2 is 1.73 bits per heavy atom. The molecule has 0 unspecified atom stereocenters. The lowest BCUT2D eigenvalue weighted by atomic mass is 10.2. The van der Waals surface area contributed by atoms with E-state index >= 15 is 0 Å². The van der Waals surface area contributed by atoms with Gasteiger partial charge in [0.1, 0.15) is 17.6 Å². The van der Waals surface area contributed by atoms with Crippen LogP contribution in [0.1, 0.15) is 0 Å². The molecule has 0 N–H and O–H groups in total. The van der Waals surface area contributed by atoms with Crippen molar-refractivity contribution in [3.8, 4) is 0 Å². The lowest BCUT2D eigenvalue weighted by Crippen LogP contribution is -2.51. The van der Waals surface area contributed by atoms with Gasteiger partial charge in [0.15, 0.2) is 0 Å². The lowest BCUT2D eigenvalue weighted by molar-refractivity contribution is -0.133. The molecule has 1 aliphatic heterocycles. The Morgan fingerprint density at radius 1 is 1.03 bits per heavy atom. The van der Waals surface area contributed by atoms with Crippen molar-refractivity contribution < 1.29 is 17.6 Å². The summed E-state index contributed by atoms with van der Waals surface area (Å²) in [5.41, 5.74) is 0.679. The Hall–Kier alpha value is -3.21. The number of fused-ring (bicyclic) bond motifs is 3. The van der Waals surface area contributed by atoms with E-state index in [9.17, 15) is 18.0 Å². The first-order valence-electron chi connectivity index (χ1n) is 10.2. The molecular weight excluding hydrogens is 468 g/mol. The Labute approximate surface area is 193 Å². The second-order valence-corrected chi connectivity index (χ2v) is 10.1. The highest BCUT2D eigenvalue weighted by Gasteiger charge is 2.30. The van der Waals surface area contributed by atoms with Crippen LogP contribution in [-0.2, 0) is 21.4 Å². The van der Waals surface area contributed by atoms with Gasteiger partial charge in [-0.3, -0.25) is 14.2 Å². The summed E-state index contributed by atoms with van der Waals surface area (Å²) in [5.74, 6) is -0.294. The van der Waals surface area contributed by atoms with Crippen LogP contribution in [0.5, 0.6) is 0 Å². The van der Waals surface area contributed by atoms with Crippen molar-refractivity contribution in [3.63, 3.8) is 0 Å². The van der Waals surface area contributed by atoms with Gasteiger partial charge in [-0.2, -0.15) is 4.31 Å². The second kappa shape index (κ2) is 8.29. The van der Waals surface area contributed by atoms with E-state index in [0.29, 0.717) is 16.1 Å². The fourth-order valence-electron chi connectivity index (χ4n) is 3.91. The van der Waals surface area contributed by atoms with Crippen LogP contribution >= 0.6 is 11.6 Å². The van der Waals surface area contributed by atoms with Crippen molar-refractivity contribution in [2.75, 3.05) is 26.2 Å². The van der Waals surface area contributed by atoms with Crippen LogP contribution in [0.3, 0.4) is 0 Å². The van der Waals surface area contributed by atoms with Crippen LogP contribution in [-0.4, -0.2) is 59.3 Å². The number of hydrogen-bond acceptors (Lipinski definition) is 6. The van der Waals surface area contributed by atoms with Gasteiger partial charge in [0.05, 0.1) is 11.2 Å². The third-order valence-corrected chi connectivity index (χ3v) is 7.86. The molecule has 9 nitrogen and oxygen atoms in total. The van der Waals surface area contributed by atoms with Crippen molar-refractivity contribution in [3.05, 3.63) is 70.2 Å². The van der Waals surface area contributed by atoms with Crippen molar-refractivity contribution >= 4 is 49.6 Å². The largest absolute Gasteiger partial charge is 0.448 e. The molecule has 2 aromatic carbocycles. The summed E-state index contributed by atoms with van der Waals surface area (Å²) in [6, 6.07) is 13.2.